The Morgan fingerprint density at radius 1 is 1.24 bits per heavy atom. The highest BCUT2D eigenvalue weighted by molar-refractivity contribution is 6.40. The third kappa shape index (κ3) is 3.68. The lowest BCUT2D eigenvalue weighted by Crippen LogP contribution is -2.37. The quantitative estimate of drug-likeness (QED) is 0.544. The Morgan fingerprint density at radius 3 is 2.71 bits per heavy atom. The average molecular weight is 295 g/mol. The number of carbonyl (C=O) groups is 2. The zero-order valence-corrected chi connectivity index (χ0v) is 12.4. The fourth-order valence-electron chi connectivity index (χ4n) is 2.76. The predicted molar refractivity (Wildman–Crippen MR) is 76.4 cm³/mol. The number of halogens is 1. The lowest BCUT2D eigenvalue weighted by molar-refractivity contribution is -0.141. The molecule has 2 unspecified atom stereocenters. The number of nitrogens with zero attached hydrogens (tertiary/aromatic N) is 3. The molecule has 116 valence electrons. The number of Topliss-reactive ketones (excluding diaryl/α,β-unsaturated/α-hetero) is 1. The van der Waals surface area contributed by atoms with Crippen molar-refractivity contribution in [2.75, 3.05) is 6.54 Å². The van der Waals surface area contributed by atoms with Crippen LogP contribution in [0.1, 0.15) is 39.0 Å². The maximum atomic E-state index is 14.0. The lowest BCUT2D eigenvalue weighted by atomic mass is 10.0. The molecular weight excluding hydrogens is 273 g/mol. The van der Waals surface area contributed by atoms with Gasteiger partial charge in [-0.25, -0.2) is 9.37 Å². The minimum absolute atomic E-state index is 0.417. The normalized spacial score (nSPS) is 22.3. The molecule has 2 rings (SSSR count). The van der Waals surface area contributed by atoms with E-state index in [9.17, 15) is 14.0 Å². The Hall–Kier alpha value is -1.72. The van der Waals surface area contributed by atoms with Crippen molar-refractivity contribution in [1.29, 1.82) is 0 Å². The van der Waals surface area contributed by atoms with Crippen molar-refractivity contribution in [3.8, 4) is 0 Å². The number of rotatable bonds is 8. The summed E-state index contributed by atoms with van der Waals surface area (Å²) in [6.45, 7) is 3.19. The number of hydrogen-bond acceptors (Lipinski definition) is 3. The summed E-state index contributed by atoms with van der Waals surface area (Å²) in [5.41, 5.74) is 0. The number of likely N-dealkylation sites (tertiary alicyclic amines) is 1. The van der Waals surface area contributed by atoms with Gasteiger partial charge in [-0.2, -0.15) is 0 Å². The SMILES string of the molecule is CCCCCC1C(F)C(=O)C(=O)N1CCCn1ccnc1. The maximum Gasteiger partial charge on any atom is 0.293 e. The maximum absolute atomic E-state index is 14.0. The molecule has 2 atom stereocenters. The van der Waals surface area contributed by atoms with Gasteiger partial charge in [-0.15, -0.1) is 0 Å². The number of amides is 1. The van der Waals surface area contributed by atoms with Gasteiger partial charge in [0.2, 0.25) is 0 Å². The van der Waals surface area contributed by atoms with E-state index in [2.05, 4.69) is 11.9 Å². The van der Waals surface area contributed by atoms with Gasteiger partial charge >= 0.3 is 0 Å². The van der Waals surface area contributed by atoms with Gasteiger partial charge in [0.1, 0.15) is 0 Å². The summed E-state index contributed by atoms with van der Waals surface area (Å²) in [5.74, 6) is -1.53. The first-order valence-corrected chi connectivity index (χ1v) is 7.59. The molecule has 0 radical (unpaired) electrons. The standard InChI is InChI=1S/C15H22FN3O2/c1-2-3-4-6-12-13(16)14(20)15(21)19(12)9-5-8-18-10-7-17-11-18/h7,10-13H,2-6,8-9H2,1H3. The molecule has 21 heavy (non-hydrogen) atoms. The fraction of sp³-hybridized carbons (Fsp3) is 0.667. The Labute approximate surface area is 124 Å². The summed E-state index contributed by atoms with van der Waals surface area (Å²) < 4.78 is 15.9. The van der Waals surface area contributed by atoms with Crippen molar-refractivity contribution in [2.24, 2.45) is 0 Å². The summed E-state index contributed by atoms with van der Waals surface area (Å²) in [7, 11) is 0. The van der Waals surface area contributed by atoms with Crippen LogP contribution in [0.3, 0.4) is 0 Å². The van der Waals surface area contributed by atoms with Gasteiger partial charge in [-0.1, -0.05) is 26.2 Å². The molecule has 0 bridgehead atoms. The third-order valence-electron chi connectivity index (χ3n) is 3.94. The van der Waals surface area contributed by atoms with Crippen LogP contribution in [0.5, 0.6) is 0 Å². The van der Waals surface area contributed by atoms with E-state index in [0.717, 1.165) is 19.3 Å². The topological polar surface area (TPSA) is 55.2 Å². The summed E-state index contributed by atoms with van der Waals surface area (Å²) >= 11 is 0. The molecule has 1 saturated heterocycles. The lowest BCUT2D eigenvalue weighted by Gasteiger charge is -2.24. The van der Waals surface area contributed by atoms with E-state index in [-0.39, 0.29) is 0 Å². The minimum atomic E-state index is -1.65. The molecule has 0 saturated carbocycles. The van der Waals surface area contributed by atoms with Crippen molar-refractivity contribution >= 4 is 11.7 Å². The smallest absolute Gasteiger partial charge is 0.293 e. The molecule has 0 aromatic carbocycles. The van der Waals surface area contributed by atoms with Crippen molar-refractivity contribution < 1.29 is 14.0 Å². The first kappa shape index (κ1) is 15.7. The molecule has 1 aliphatic rings. The van der Waals surface area contributed by atoms with Crippen LogP contribution in [0.4, 0.5) is 4.39 Å². The zero-order chi connectivity index (χ0) is 15.2. The van der Waals surface area contributed by atoms with Crippen molar-refractivity contribution in [2.45, 2.75) is 57.8 Å². The second-order valence-corrected chi connectivity index (χ2v) is 5.48. The number of imidazole rings is 1. The van der Waals surface area contributed by atoms with Crippen LogP contribution >= 0.6 is 0 Å². The molecule has 5 nitrogen and oxygen atoms in total. The Bertz CT molecular complexity index is 475. The van der Waals surface area contributed by atoms with Gasteiger partial charge < -0.3 is 9.47 Å². The first-order chi connectivity index (χ1) is 10.1. The Balaban J connectivity index is 1.89. The summed E-state index contributed by atoms with van der Waals surface area (Å²) in [6.07, 6.45) is 7.71. The molecule has 1 fully saturated rings. The molecule has 6 heteroatoms. The van der Waals surface area contributed by atoms with Crippen molar-refractivity contribution in [3.63, 3.8) is 0 Å². The molecule has 0 N–H and O–H groups in total. The molecule has 0 spiro atoms. The monoisotopic (exact) mass is 295 g/mol. The van der Waals surface area contributed by atoms with Crippen LogP contribution in [-0.4, -0.2) is 44.9 Å². The van der Waals surface area contributed by atoms with E-state index < -0.39 is 23.9 Å². The molecule has 0 aliphatic carbocycles. The van der Waals surface area contributed by atoms with Crippen LogP contribution < -0.4 is 0 Å². The molecule has 1 aromatic rings. The van der Waals surface area contributed by atoms with Crippen molar-refractivity contribution in [3.05, 3.63) is 18.7 Å². The van der Waals surface area contributed by atoms with Crippen LogP contribution in [0.25, 0.3) is 0 Å². The van der Waals surface area contributed by atoms with Gasteiger partial charge in [-0.05, 0) is 12.8 Å². The Morgan fingerprint density at radius 2 is 2.05 bits per heavy atom. The van der Waals surface area contributed by atoms with Crippen LogP contribution in [0, 0.1) is 0 Å². The van der Waals surface area contributed by atoms with E-state index in [4.69, 9.17) is 0 Å². The van der Waals surface area contributed by atoms with Crippen LogP contribution in [0.2, 0.25) is 0 Å². The fourth-order valence-corrected chi connectivity index (χ4v) is 2.76. The van der Waals surface area contributed by atoms with Crippen LogP contribution in [0.15, 0.2) is 18.7 Å². The van der Waals surface area contributed by atoms with E-state index in [1.165, 1.54) is 4.90 Å². The highest BCUT2D eigenvalue weighted by atomic mass is 19.1. The number of ketones is 1. The van der Waals surface area contributed by atoms with E-state index >= 15 is 0 Å². The van der Waals surface area contributed by atoms with E-state index in [1.54, 1.807) is 12.5 Å². The third-order valence-corrected chi connectivity index (χ3v) is 3.94. The molecule has 1 amide bonds. The highest BCUT2D eigenvalue weighted by Gasteiger charge is 2.46. The predicted octanol–water partition coefficient (Wildman–Crippen LogP) is 1.97. The number of alkyl halides is 1. The zero-order valence-electron chi connectivity index (χ0n) is 12.4. The van der Waals surface area contributed by atoms with Gasteiger partial charge in [-0.3, -0.25) is 9.59 Å². The number of unbranched alkanes of at least 4 members (excludes halogenated alkanes) is 2. The van der Waals surface area contributed by atoms with Crippen LogP contribution in [-0.2, 0) is 16.1 Å². The summed E-state index contributed by atoms with van der Waals surface area (Å²) in [4.78, 5) is 28.8. The number of hydrogen-bond donors (Lipinski definition) is 0. The van der Waals surface area contributed by atoms with Gasteiger partial charge in [0.15, 0.2) is 6.17 Å². The molecular formula is C15H22FN3O2. The van der Waals surface area contributed by atoms with E-state index in [1.807, 2.05) is 10.8 Å². The highest BCUT2D eigenvalue weighted by Crippen LogP contribution is 2.24. The Kier molecular flexibility index (Phi) is 5.47. The molecule has 1 aromatic heterocycles. The first-order valence-electron chi connectivity index (χ1n) is 7.59. The van der Waals surface area contributed by atoms with Gasteiger partial charge in [0.05, 0.1) is 12.4 Å². The van der Waals surface area contributed by atoms with E-state index in [0.29, 0.717) is 25.9 Å². The van der Waals surface area contributed by atoms with Gasteiger partial charge in [0, 0.05) is 25.5 Å². The molecule has 2 heterocycles. The minimum Gasteiger partial charge on any atom is -0.337 e. The number of aryl methyl sites for hydroxylation is 1. The molecule has 1 aliphatic heterocycles. The largest absolute Gasteiger partial charge is 0.337 e. The summed E-state index contributed by atoms with van der Waals surface area (Å²) in [5, 5.41) is 0. The van der Waals surface area contributed by atoms with Crippen molar-refractivity contribution in [1.82, 2.24) is 14.5 Å². The summed E-state index contributed by atoms with van der Waals surface area (Å²) in [6, 6.07) is -0.570. The van der Waals surface area contributed by atoms with Gasteiger partial charge in [0.25, 0.3) is 11.7 Å². The number of aromatic nitrogens is 2. The second kappa shape index (κ2) is 7.33. The number of carbonyl (C=O) groups excluding carboxylic acids is 2. The average Bonchev–Trinajstić information content (AvgIpc) is 3.06. The second-order valence-electron chi connectivity index (χ2n) is 5.48.